The highest BCUT2D eigenvalue weighted by Gasteiger charge is 2.31. The van der Waals surface area contributed by atoms with E-state index in [0.717, 1.165) is 15.7 Å². The number of nitrogens with one attached hydrogen (secondary N) is 1. The lowest BCUT2D eigenvalue weighted by atomic mass is 10.2. The molecule has 0 unspecified atom stereocenters. The molecule has 0 bridgehead atoms. The predicted molar refractivity (Wildman–Crippen MR) is 131 cm³/mol. The third-order valence-corrected chi connectivity index (χ3v) is 6.40. The summed E-state index contributed by atoms with van der Waals surface area (Å²) in [4.78, 5) is 27.0. The topological polar surface area (TPSA) is 67.9 Å². The molecule has 0 spiro atoms. The number of hydrogen-bond acceptors (Lipinski definition) is 6. The van der Waals surface area contributed by atoms with Gasteiger partial charge in [-0.25, -0.2) is 0 Å². The molecule has 3 rings (SSSR count). The van der Waals surface area contributed by atoms with E-state index in [-0.39, 0.29) is 11.8 Å². The number of anilines is 1. The van der Waals surface area contributed by atoms with Crippen molar-refractivity contribution < 1.29 is 19.1 Å². The van der Waals surface area contributed by atoms with Crippen molar-refractivity contribution in [3.05, 3.63) is 57.4 Å². The molecule has 2 aromatic carbocycles. The summed E-state index contributed by atoms with van der Waals surface area (Å²) in [6, 6.07) is 12.8. The second kappa shape index (κ2) is 10.8. The molecule has 31 heavy (non-hydrogen) atoms. The Hall–Kier alpha value is -2.36. The monoisotopic (exact) mass is 520 g/mol. The van der Waals surface area contributed by atoms with Crippen molar-refractivity contribution in [2.24, 2.45) is 0 Å². The maximum atomic E-state index is 12.8. The Morgan fingerprint density at radius 2 is 1.87 bits per heavy atom. The largest absolute Gasteiger partial charge is 0.493 e. The van der Waals surface area contributed by atoms with Gasteiger partial charge in [0.1, 0.15) is 4.32 Å². The highest BCUT2D eigenvalue weighted by Crippen LogP contribution is 2.34. The normalized spacial score (nSPS) is 14.8. The van der Waals surface area contributed by atoms with Crippen LogP contribution in [0.5, 0.6) is 11.5 Å². The quantitative estimate of drug-likeness (QED) is 0.386. The molecular formula is C22H21BrN2O4S2. The molecule has 1 N–H and O–H groups in total. The summed E-state index contributed by atoms with van der Waals surface area (Å²) in [6.07, 6.45) is 2.59. The van der Waals surface area contributed by atoms with Gasteiger partial charge in [0.15, 0.2) is 11.5 Å². The van der Waals surface area contributed by atoms with E-state index in [1.54, 1.807) is 37.3 Å². The van der Waals surface area contributed by atoms with E-state index in [4.69, 9.17) is 21.7 Å². The molecule has 2 aromatic rings. The van der Waals surface area contributed by atoms with Gasteiger partial charge in [0.2, 0.25) is 5.91 Å². The van der Waals surface area contributed by atoms with Gasteiger partial charge in [-0.3, -0.25) is 14.5 Å². The van der Waals surface area contributed by atoms with Crippen molar-refractivity contribution in [3.8, 4) is 11.5 Å². The highest BCUT2D eigenvalue weighted by molar-refractivity contribution is 9.10. The van der Waals surface area contributed by atoms with E-state index in [9.17, 15) is 9.59 Å². The van der Waals surface area contributed by atoms with Crippen LogP contribution in [0.3, 0.4) is 0 Å². The summed E-state index contributed by atoms with van der Waals surface area (Å²) in [5.41, 5.74) is 1.55. The second-order valence-corrected chi connectivity index (χ2v) is 9.20. The number of nitrogens with zero attached hydrogens (tertiary/aromatic N) is 1. The first-order valence-corrected chi connectivity index (χ1v) is 11.5. The van der Waals surface area contributed by atoms with E-state index in [2.05, 4.69) is 21.2 Å². The van der Waals surface area contributed by atoms with Crippen LogP contribution in [0.15, 0.2) is 51.8 Å². The number of benzene rings is 2. The molecule has 0 atom stereocenters. The summed E-state index contributed by atoms with van der Waals surface area (Å²) >= 11 is 9.99. The molecule has 6 nitrogen and oxygen atoms in total. The fraction of sp³-hybridized carbons (Fsp3) is 0.227. The van der Waals surface area contributed by atoms with Crippen molar-refractivity contribution in [3.63, 3.8) is 0 Å². The number of ether oxygens (including phenoxy) is 2. The van der Waals surface area contributed by atoms with E-state index < -0.39 is 0 Å². The number of rotatable bonds is 8. The van der Waals surface area contributed by atoms with Crippen molar-refractivity contribution in [1.29, 1.82) is 0 Å². The number of thiocarbonyl (C=S) groups is 1. The van der Waals surface area contributed by atoms with E-state index in [1.807, 2.05) is 30.3 Å². The Morgan fingerprint density at radius 3 is 2.55 bits per heavy atom. The molecule has 2 amide bonds. The Labute approximate surface area is 199 Å². The summed E-state index contributed by atoms with van der Waals surface area (Å²) in [5.74, 6) is 0.948. The molecule has 0 aliphatic carbocycles. The fourth-order valence-electron chi connectivity index (χ4n) is 2.94. The highest BCUT2D eigenvalue weighted by atomic mass is 79.9. The van der Waals surface area contributed by atoms with Crippen LogP contribution in [0.1, 0.15) is 18.4 Å². The summed E-state index contributed by atoms with van der Waals surface area (Å²) in [5, 5.41) is 2.84. The molecule has 1 saturated heterocycles. The summed E-state index contributed by atoms with van der Waals surface area (Å²) < 4.78 is 12.0. The number of thioether (sulfide) groups is 1. The molecule has 1 aliphatic heterocycles. The molecular weight excluding hydrogens is 500 g/mol. The molecule has 162 valence electrons. The smallest absolute Gasteiger partial charge is 0.266 e. The van der Waals surface area contributed by atoms with Gasteiger partial charge in [-0.1, -0.05) is 46.0 Å². The number of methoxy groups -OCH3 is 2. The lowest BCUT2D eigenvalue weighted by Crippen LogP contribution is -2.29. The number of halogens is 1. The SMILES string of the molecule is COc1ccc(/C=C2\SC(=S)N(CCCC(=O)Nc3ccc(Br)cc3)C2=O)cc1OC. The van der Waals surface area contributed by atoms with Crippen LogP contribution in [-0.4, -0.2) is 41.8 Å². The molecule has 9 heteroatoms. The van der Waals surface area contributed by atoms with Gasteiger partial charge in [0.25, 0.3) is 5.91 Å². The lowest BCUT2D eigenvalue weighted by molar-refractivity contribution is -0.122. The maximum absolute atomic E-state index is 12.8. The van der Waals surface area contributed by atoms with Crippen molar-refractivity contribution in [2.45, 2.75) is 12.8 Å². The number of carbonyl (C=O) groups is 2. The zero-order chi connectivity index (χ0) is 22.4. The summed E-state index contributed by atoms with van der Waals surface area (Å²) in [7, 11) is 3.13. The van der Waals surface area contributed by atoms with Crippen LogP contribution in [0.25, 0.3) is 6.08 Å². The third-order valence-electron chi connectivity index (χ3n) is 4.49. The Morgan fingerprint density at radius 1 is 1.16 bits per heavy atom. The summed E-state index contributed by atoms with van der Waals surface area (Å²) in [6.45, 7) is 0.391. The van der Waals surface area contributed by atoms with Crippen LogP contribution in [0.4, 0.5) is 5.69 Å². The molecule has 0 aromatic heterocycles. The average Bonchev–Trinajstić information content (AvgIpc) is 3.02. The number of carbonyl (C=O) groups excluding carboxylic acids is 2. The minimum atomic E-state index is -0.155. The fourth-order valence-corrected chi connectivity index (χ4v) is 4.51. The predicted octanol–water partition coefficient (Wildman–Crippen LogP) is 5.09. The van der Waals surface area contributed by atoms with Crippen LogP contribution >= 0.6 is 39.9 Å². The Balaban J connectivity index is 1.57. The standard InChI is InChI=1S/C22H21BrN2O4S2/c1-28-17-10-5-14(12-18(17)29-2)13-19-21(27)25(22(30)31-19)11-3-4-20(26)24-16-8-6-15(23)7-9-16/h5-10,12-13H,3-4,11H2,1-2H3,(H,24,26)/b19-13-. The van der Waals surface area contributed by atoms with Crippen molar-refractivity contribution >= 4 is 67.8 Å². The minimum Gasteiger partial charge on any atom is -0.493 e. The lowest BCUT2D eigenvalue weighted by Gasteiger charge is -2.14. The minimum absolute atomic E-state index is 0.103. The Bertz CT molecular complexity index is 1020. The van der Waals surface area contributed by atoms with Gasteiger partial charge < -0.3 is 14.8 Å². The molecule has 1 aliphatic rings. The van der Waals surface area contributed by atoms with Gasteiger partial charge in [0, 0.05) is 23.1 Å². The molecule has 1 fully saturated rings. The van der Waals surface area contributed by atoms with Crippen LogP contribution < -0.4 is 14.8 Å². The first kappa shape index (κ1) is 23.3. The zero-order valence-electron chi connectivity index (χ0n) is 17.0. The van der Waals surface area contributed by atoms with Gasteiger partial charge in [-0.15, -0.1) is 0 Å². The van der Waals surface area contributed by atoms with Crippen LogP contribution in [0, 0.1) is 0 Å². The number of amides is 2. The first-order chi connectivity index (χ1) is 14.9. The van der Waals surface area contributed by atoms with Gasteiger partial charge in [-0.2, -0.15) is 0 Å². The second-order valence-electron chi connectivity index (χ2n) is 6.61. The average molecular weight is 521 g/mol. The molecule has 1 heterocycles. The van der Waals surface area contributed by atoms with Gasteiger partial charge in [0.05, 0.1) is 19.1 Å². The first-order valence-electron chi connectivity index (χ1n) is 9.44. The van der Waals surface area contributed by atoms with Crippen molar-refractivity contribution in [1.82, 2.24) is 4.90 Å². The maximum Gasteiger partial charge on any atom is 0.266 e. The van der Waals surface area contributed by atoms with E-state index in [0.29, 0.717) is 40.1 Å². The van der Waals surface area contributed by atoms with Crippen molar-refractivity contribution in [2.75, 3.05) is 26.1 Å². The number of hydrogen-bond donors (Lipinski definition) is 1. The molecule has 0 radical (unpaired) electrons. The van der Waals surface area contributed by atoms with E-state index >= 15 is 0 Å². The Kier molecular flexibility index (Phi) is 8.11. The van der Waals surface area contributed by atoms with E-state index in [1.165, 1.54) is 11.8 Å². The van der Waals surface area contributed by atoms with Crippen LogP contribution in [0.2, 0.25) is 0 Å². The third kappa shape index (κ3) is 6.09. The van der Waals surface area contributed by atoms with Crippen LogP contribution in [-0.2, 0) is 9.59 Å². The van der Waals surface area contributed by atoms with Gasteiger partial charge >= 0.3 is 0 Å². The zero-order valence-corrected chi connectivity index (χ0v) is 20.2. The molecule has 0 saturated carbocycles. The van der Waals surface area contributed by atoms with Gasteiger partial charge in [-0.05, 0) is 54.5 Å².